The molecule has 1 N–H and O–H groups in total. The number of nitrogens with zero attached hydrogens (tertiary/aromatic N) is 1. The highest BCUT2D eigenvalue weighted by Gasteiger charge is 2.19. The lowest BCUT2D eigenvalue weighted by atomic mass is 10.1. The third-order valence-corrected chi connectivity index (χ3v) is 4.17. The molecule has 0 atom stereocenters. The molecule has 3 aromatic heterocycles. The first-order valence-electron chi connectivity index (χ1n) is 5.39. The van der Waals surface area contributed by atoms with Crippen molar-refractivity contribution in [2.24, 2.45) is 0 Å². The van der Waals surface area contributed by atoms with Gasteiger partial charge in [0.1, 0.15) is 5.65 Å². The van der Waals surface area contributed by atoms with E-state index in [2.05, 4.69) is 9.97 Å². The minimum absolute atomic E-state index is 0.0105. The lowest BCUT2D eigenvalue weighted by Crippen LogP contribution is -1.99. The third-order valence-electron chi connectivity index (χ3n) is 2.84. The molecule has 90 valence electrons. The van der Waals surface area contributed by atoms with Gasteiger partial charge >= 0.3 is 0 Å². The largest absolute Gasteiger partial charge is 0.345 e. The molecule has 0 saturated heterocycles. The van der Waals surface area contributed by atoms with E-state index >= 15 is 0 Å². The number of halogens is 1. The molecule has 0 aliphatic heterocycles. The fourth-order valence-electron chi connectivity index (χ4n) is 1.92. The predicted octanol–water partition coefficient (Wildman–Crippen LogP) is 3.82. The number of aromatic amines is 1. The first-order valence-corrected chi connectivity index (χ1v) is 6.64. The van der Waals surface area contributed by atoms with E-state index < -0.39 is 0 Å². The van der Waals surface area contributed by atoms with Crippen LogP contribution in [0, 0.1) is 6.92 Å². The number of hydrogen-bond donors (Lipinski definition) is 1. The van der Waals surface area contributed by atoms with Crippen LogP contribution in [0.4, 0.5) is 0 Å². The number of carbonyl (C=O) groups is 1. The molecule has 3 aromatic rings. The van der Waals surface area contributed by atoms with E-state index in [0.717, 1.165) is 10.4 Å². The molecule has 0 radical (unpaired) electrons. The summed E-state index contributed by atoms with van der Waals surface area (Å²) >= 11 is 7.58. The van der Waals surface area contributed by atoms with Gasteiger partial charge in [0.2, 0.25) is 5.78 Å². The highest BCUT2D eigenvalue weighted by Crippen LogP contribution is 2.28. The van der Waals surface area contributed by atoms with Gasteiger partial charge in [0.05, 0.1) is 15.5 Å². The van der Waals surface area contributed by atoms with Gasteiger partial charge in [-0.25, -0.2) is 4.98 Å². The number of aryl methyl sites for hydroxylation is 1. The number of aromatic nitrogens is 2. The SMILES string of the molecule is Cc1ccsc1C(=O)c1c[nH]c2nccc(Cl)c12. The van der Waals surface area contributed by atoms with E-state index in [1.807, 2.05) is 18.4 Å². The third kappa shape index (κ3) is 1.65. The standard InChI is InChI=1S/C13H9ClN2OS/c1-7-3-5-18-12(7)11(17)8-6-16-13-10(8)9(14)2-4-15-13/h2-6H,1H3,(H,15,16). The quantitative estimate of drug-likeness (QED) is 0.723. The van der Waals surface area contributed by atoms with Gasteiger partial charge in [0, 0.05) is 17.8 Å². The second-order valence-electron chi connectivity index (χ2n) is 3.98. The van der Waals surface area contributed by atoms with Gasteiger partial charge < -0.3 is 4.98 Å². The summed E-state index contributed by atoms with van der Waals surface area (Å²) in [7, 11) is 0. The smallest absolute Gasteiger partial charge is 0.205 e. The predicted molar refractivity (Wildman–Crippen MR) is 73.6 cm³/mol. The van der Waals surface area contributed by atoms with Crippen LogP contribution in [-0.4, -0.2) is 15.8 Å². The van der Waals surface area contributed by atoms with Crippen molar-refractivity contribution in [2.45, 2.75) is 6.92 Å². The number of ketones is 1. The van der Waals surface area contributed by atoms with Crippen molar-refractivity contribution in [1.82, 2.24) is 9.97 Å². The Kier molecular flexibility index (Phi) is 2.69. The average molecular weight is 277 g/mol. The maximum atomic E-state index is 12.5. The first-order chi connectivity index (χ1) is 8.68. The summed E-state index contributed by atoms with van der Waals surface area (Å²) in [5, 5.41) is 3.15. The fourth-order valence-corrected chi connectivity index (χ4v) is 3.05. The molecule has 0 bridgehead atoms. The normalized spacial score (nSPS) is 11.0. The van der Waals surface area contributed by atoms with Crippen molar-refractivity contribution >= 4 is 39.8 Å². The zero-order valence-electron chi connectivity index (χ0n) is 9.53. The van der Waals surface area contributed by atoms with Crippen LogP contribution in [0.5, 0.6) is 0 Å². The van der Waals surface area contributed by atoms with Gasteiger partial charge in [-0.2, -0.15) is 0 Å². The molecule has 0 aliphatic rings. The topological polar surface area (TPSA) is 45.8 Å². The molecule has 5 heteroatoms. The second kappa shape index (κ2) is 4.23. The molecular formula is C13H9ClN2OS. The maximum absolute atomic E-state index is 12.5. The van der Waals surface area contributed by atoms with Gasteiger partial charge in [0.25, 0.3) is 0 Å². The van der Waals surface area contributed by atoms with E-state index in [9.17, 15) is 4.79 Å². The molecule has 0 amide bonds. The average Bonchev–Trinajstić information content (AvgIpc) is 2.95. The molecule has 0 aromatic carbocycles. The first kappa shape index (κ1) is 11.4. The summed E-state index contributed by atoms with van der Waals surface area (Å²) in [4.78, 5) is 20.3. The van der Waals surface area contributed by atoms with Crippen LogP contribution in [0.15, 0.2) is 29.9 Å². The van der Waals surface area contributed by atoms with Crippen molar-refractivity contribution in [3.63, 3.8) is 0 Å². The number of H-pyrrole nitrogens is 1. The Morgan fingerprint density at radius 3 is 3.00 bits per heavy atom. The van der Waals surface area contributed by atoms with Crippen LogP contribution in [0.2, 0.25) is 5.02 Å². The Bertz CT molecular complexity index is 744. The molecule has 0 unspecified atom stereocenters. The summed E-state index contributed by atoms with van der Waals surface area (Å²) < 4.78 is 0. The number of nitrogens with one attached hydrogen (secondary N) is 1. The highest BCUT2D eigenvalue weighted by molar-refractivity contribution is 7.12. The Morgan fingerprint density at radius 1 is 1.44 bits per heavy atom. The molecule has 0 fully saturated rings. The van der Waals surface area contributed by atoms with Crippen molar-refractivity contribution in [1.29, 1.82) is 0 Å². The minimum atomic E-state index is -0.0105. The van der Waals surface area contributed by atoms with E-state index in [-0.39, 0.29) is 5.78 Å². The molecule has 0 aliphatic carbocycles. The Hall–Kier alpha value is -1.65. The molecule has 0 spiro atoms. The number of pyridine rings is 1. The van der Waals surface area contributed by atoms with Gasteiger partial charge in [-0.05, 0) is 30.0 Å². The molecule has 3 heterocycles. The number of thiophene rings is 1. The maximum Gasteiger partial charge on any atom is 0.205 e. The van der Waals surface area contributed by atoms with E-state index in [4.69, 9.17) is 11.6 Å². The van der Waals surface area contributed by atoms with Crippen molar-refractivity contribution in [2.75, 3.05) is 0 Å². The van der Waals surface area contributed by atoms with E-state index in [0.29, 0.717) is 21.6 Å². The summed E-state index contributed by atoms with van der Waals surface area (Å²) in [5.41, 5.74) is 2.20. The Labute approximate surface area is 112 Å². The molecular weight excluding hydrogens is 268 g/mol. The summed E-state index contributed by atoms with van der Waals surface area (Å²) in [6, 6.07) is 3.63. The Balaban J connectivity index is 2.22. The molecule has 0 saturated carbocycles. The molecule has 18 heavy (non-hydrogen) atoms. The summed E-state index contributed by atoms with van der Waals surface area (Å²) in [5.74, 6) is -0.0105. The zero-order valence-corrected chi connectivity index (χ0v) is 11.1. The minimum Gasteiger partial charge on any atom is -0.345 e. The van der Waals surface area contributed by atoms with Crippen molar-refractivity contribution < 1.29 is 4.79 Å². The number of hydrogen-bond acceptors (Lipinski definition) is 3. The summed E-state index contributed by atoms with van der Waals surface area (Å²) in [6.07, 6.45) is 3.29. The monoisotopic (exact) mass is 276 g/mol. The molecule has 3 nitrogen and oxygen atoms in total. The second-order valence-corrected chi connectivity index (χ2v) is 5.30. The number of rotatable bonds is 2. The van der Waals surface area contributed by atoms with Crippen LogP contribution in [-0.2, 0) is 0 Å². The van der Waals surface area contributed by atoms with Crippen LogP contribution in [0.1, 0.15) is 20.8 Å². The summed E-state index contributed by atoms with van der Waals surface area (Å²) in [6.45, 7) is 1.93. The van der Waals surface area contributed by atoms with Crippen LogP contribution in [0.3, 0.4) is 0 Å². The van der Waals surface area contributed by atoms with E-state index in [1.54, 1.807) is 18.5 Å². The number of fused-ring (bicyclic) bond motifs is 1. The van der Waals surface area contributed by atoms with Crippen molar-refractivity contribution in [3.8, 4) is 0 Å². The van der Waals surface area contributed by atoms with Crippen LogP contribution >= 0.6 is 22.9 Å². The number of carbonyl (C=O) groups excluding carboxylic acids is 1. The lowest BCUT2D eigenvalue weighted by Gasteiger charge is -1.99. The van der Waals surface area contributed by atoms with Gasteiger partial charge in [0.15, 0.2) is 0 Å². The Morgan fingerprint density at radius 2 is 2.28 bits per heavy atom. The highest BCUT2D eigenvalue weighted by atomic mass is 35.5. The van der Waals surface area contributed by atoms with Crippen LogP contribution < -0.4 is 0 Å². The van der Waals surface area contributed by atoms with E-state index in [1.165, 1.54) is 11.3 Å². The van der Waals surface area contributed by atoms with Gasteiger partial charge in [-0.3, -0.25) is 4.79 Å². The van der Waals surface area contributed by atoms with Crippen molar-refractivity contribution in [3.05, 3.63) is 50.9 Å². The van der Waals surface area contributed by atoms with Gasteiger partial charge in [-0.15, -0.1) is 11.3 Å². The molecule has 3 rings (SSSR count). The zero-order chi connectivity index (χ0) is 12.7. The fraction of sp³-hybridized carbons (Fsp3) is 0.0769. The van der Waals surface area contributed by atoms with Gasteiger partial charge in [-0.1, -0.05) is 11.6 Å². The lowest BCUT2D eigenvalue weighted by molar-refractivity contribution is 0.104. The van der Waals surface area contributed by atoms with Crippen LogP contribution in [0.25, 0.3) is 11.0 Å².